The molecule has 1 atom stereocenters. The van der Waals surface area contributed by atoms with Gasteiger partial charge in [-0.25, -0.2) is 0 Å². The second-order valence-corrected chi connectivity index (χ2v) is 9.91. The van der Waals surface area contributed by atoms with E-state index >= 15 is 0 Å². The molecule has 0 heterocycles. The normalized spacial score (nSPS) is 21.1. The van der Waals surface area contributed by atoms with Crippen LogP contribution in [0, 0.1) is 29.1 Å². The highest BCUT2D eigenvalue weighted by Crippen LogP contribution is 2.56. The van der Waals surface area contributed by atoms with Crippen LogP contribution in [-0.2, 0) is 4.43 Å². The standard InChI is InChI=1S/C14H23NOSi/c1-6-13(5,14(12-15)10-11-14)16-17(7-2,8-3)9-4/h1H,7-11H2,2-5H3/t13-/m0/s1. The Labute approximate surface area is 106 Å². The Balaban J connectivity index is 2.98. The molecule has 0 aromatic rings. The van der Waals surface area contributed by atoms with Gasteiger partial charge < -0.3 is 4.43 Å². The molecule has 3 heteroatoms. The van der Waals surface area contributed by atoms with Gasteiger partial charge in [0.25, 0.3) is 0 Å². The smallest absolute Gasteiger partial charge is 0.194 e. The third-order valence-electron chi connectivity index (χ3n) is 4.51. The van der Waals surface area contributed by atoms with Crippen LogP contribution >= 0.6 is 0 Å². The average Bonchev–Trinajstić information content (AvgIpc) is 3.17. The van der Waals surface area contributed by atoms with E-state index in [2.05, 4.69) is 32.8 Å². The molecule has 0 amide bonds. The van der Waals surface area contributed by atoms with Crippen LogP contribution in [0.4, 0.5) is 0 Å². The van der Waals surface area contributed by atoms with E-state index in [0.29, 0.717) is 0 Å². The molecule has 0 bridgehead atoms. The molecule has 0 saturated heterocycles. The predicted molar refractivity (Wildman–Crippen MR) is 72.8 cm³/mol. The van der Waals surface area contributed by atoms with E-state index in [-0.39, 0.29) is 0 Å². The number of nitriles is 1. The van der Waals surface area contributed by atoms with Gasteiger partial charge in [-0.2, -0.15) is 5.26 Å². The maximum Gasteiger partial charge on any atom is 0.194 e. The summed E-state index contributed by atoms with van der Waals surface area (Å²) < 4.78 is 6.42. The average molecular weight is 249 g/mol. The van der Waals surface area contributed by atoms with Crippen molar-refractivity contribution in [2.45, 2.75) is 64.3 Å². The molecule has 1 fully saturated rings. The fraction of sp³-hybridized carbons (Fsp3) is 0.786. The summed E-state index contributed by atoms with van der Waals surface area (Å²) in [5, 5.41) is 9.33. The number of nitrogens with zero attached hydrogens (tertiary/aromatic N) is 1. The molecule has 94 valence electrons. The van der Waals surface area contributed by atoms with Crippen LogP contribution in [-0.4, -0.2) is 13.9 Å². The number of hydrogen-bond donors (Lipinski definition) is 0. The third-order valence-corrected chi connectivity index (χ3v) is 9.21. The highest BCUT2D eigenvalue weighted by Gasteiger charge is 2.60. The summed E-state index contributed by atoms with van der Waals surface area (Å²) in [7, 11) is -1.75. The summed E-state index contributed by atoms with van der Waals surface area (Å²) >= 11 is 0. The maximum absolute atomic E-state index is 9.33. The Kier molecular flexibility index (Phi) is 4.07. The molecule has 0 unspecified atom stereocenters. The van der Waals surface area contributed by atoms with Crippen LogP contribution in [0.5, 0.6) is 0 Å². The first-order chi connectivity index (χ1) is 7.97. The van der Waals surface area contributed by atoms with Gasteiger partial charge in [-0.05, 0) is 37.9 Å². The van der Waals surface area contributed by atoms with Crippen molar-refractivity contribution in [3.05, 3.63) is 0 Å². The van der Waals surface area contributed by atoms with Crippen molar-refractivity contribution in [1.29, 1.82) is 5.26 Å². The van der Waals surface area contributed by atoms with E-state index in [1.165, 1.54) is 0 Å². The minimum absolute atomic E-state index is 0.417. The molecule has 0 aromatic carbocycles. The molecule has 17 heavy (non-hydrogen) atoms. The summed E-state index contributed by atoms with van der Waals surface area (Å²) in [5.74, 6) is 2.78. The summed E-state index contributed by atoms with van der Waals surface area (Å²) in [5.41, 5.74) is -1.10. The Morgan fingerprint density at radius 2 is 1.76 bits per heavy atom. The van der Waals surface area contributed by atoms with Gasteiger partial charge in [0.2, 0.25) is 0 Å². The second-order valence-electron chi connectivity index (χ2n) is 5.22. The zero-order valence-electron chi connectivity index (χ0n) is 11.5. The summed E-state index contributed by atoms with van der Waals surface area (Å²) in [6.07, 6.45) is 7.44. The van der Waals surface area contributed by atoms with Crippen molar-refractivity contribution in [2.75, 3.05) is 0 Å². The van der Waals surface area contributed by atoms with Crippen molar-refractivity contribution in [3.8, 4) is 18.4 Å². The Bertz CT molecular complexity index is 349. The lowest BCUT2D eigenvalue weighted by atomic mass is 9.88. The number of hydrogen-bond acceptors (Lipinski definition) is 2. The second kappa shape index (κ2) is 4.84. The Hall–Kier alpha value is -0.773. The van der Waals surface area contributed by atoms with Crippen LogP contribution in [0.1, 0.15) is 40.5 Å². The Morgan fingerprint density at radius 1 is 1.29 bits per heavy atom. The topological polar surface area (TPSA) is 33.0 Å². The molecule has 1 aliphatic carbocycles. The monoisotopic (exact) mass is 249 g/mol. The minimum Gasteiger partial charge on any atom is -0.400 e. The van der Waals surface area contributed by atoms with Crippen molar-refractivity contribution < 1.29 is 4.43 Å². The van der Waals surface area contributed by atoms with Crippen molar-refractivity contribution >= 4 is 8.32 Å². The fourth-order valence-electron chi connectivity index (χ4n) is 2.49. The van der Waals surface area contributed by atoms with E-state index < -0.39 is 19.3 Å². The van der Waals surface area contributed by atoms with E-state index in [4.69, 9.17) is 10.8 Å². The summed E-state index contributed by atoms with van der Waals surface area (Å²) in [4.78, 5) is 0. The lowest BCUT2D eigenvalue weighted by molar-refractivity contribution is 0.0827. The van der Waals surface area contributed by atoms with Gasteiger partial charge in [-0.1, -0.05) is 26.7 Å². The first kappa shape index (κ1) is 14.3. The van der Waals surface area contributed by atoms with Crippen LogP contribution < -0.4 is 0 Å². The fourth-order valence-corrected chi connectivity index (χ4v) is 5.54. The van der Waals surface area contributed by atoms with Gasteiger partial charge in [0.05, 0.1) is 11.5 Å². The molecule has 1 rings (SSSR count). The number of rotatable bonds is 6. The zero-order valence-corrected chi connectivity index (χ0v) is 12.5. The van der Waals surface area contributed by atoms with Crippen LogP contribution in [0.15, 0.2) is 0 Å². The summed E-state index contributed by atoms with van der Waals surface area (Å²) in [6, 6.07) is 5.60. The minimum atomic E-state index is -1.75. The van der Waals surface area contributed by atoms with Gasteiger partial charge in [-0.15, -0.1) is 6.42 Å². The molecule has 0 spiro atoms. The first-order valence-electron chi connectivity index (χ1n) is 6.56. The number of terminal acetylenes is 1. The first-order valence-corrected chi connectivity index (χ1v) is 9.09. The molecule has 0 radical (unpaired) electrons. The van der Waals surface area contributed by atoms with E-state index in [1.807, 2.05) is 6.92 Å². The van der Waals surface area contributed by atoms with Gasteiger partial charge in [0.1, 0.15) is 5.60 Å². The van der Waals surface area contributed by atoms with Crippen LogP contribution in [0.3, 0.4) is 0 Å². The van der Waals surface area contributed by atoms with Crippen molar-refractivity contribution in [3.63, 3.8) is 0 Å². The summed E-state index contributed by atoms with van der Waals surface area (Å²) in [6.45, 7) is 8.48. The molecule has 0 aliphatic heterocycles. The maximum atomic E-state index is 9.33. The third kappa shape index (κ3) is 2.27. The molecule has 1 aliphatic rings. The predicted octanol–water partition coefficient (Wildman–Crippen LogP) is 3.70. The van der Waals surface area contributed by atoms with Crippen molar-refractivity contribution in [2.24, 2.45) is 5.41 Å². The van der Waals surface area contributed by atoms with E-state index in [9.17, 15) is 5.26 Å². The molecule has 1 saturated carbocycles. The Morgan fingerprint density at radius 3 is 2.00 bits per heavy atom. The SMILES string of the molecule is C#C[C@](C)(O[Si](CC)(CC)CC)C1(C#N)CC1. The van der Waals surface area contributed by atoms with E-state index in [1.54, 1.807) is 0 Å². The van der Waals surface area contributed by atoms with Crippen molar-refractivity contribution in [1.82, 2.24) is 0 Å². The highest BCUT2D eigenvalue weighted by atomic mass is 28.4. The van der Waals surface area contributed by atoms with Gasteiger partial charge in [-0.3, -0.25) is 0 Å². The highest BCUT2D eigenvalue weighted by molar-refractivity contribution is 6.73. The molecule has 2 nitrogen and oxygen atoms in total. The van der Waals surface area contributed by atoms with Gasteiger partial charge in [0.15, 0.2) is 8.32 Å². The van der Waals surface area contributed by atoms with Gasteiger partial charge in [0, 0.05) is 0 Å². The quantitative estimate of drug-likeness (QED) is 0.531. The lowest BCUT2D eigenvalue weighted by Gasteiger charge is -2.40. The molecule has 0 N–H and O–H groups in total. The lowest BCUT2D eigenvalue weighted by Crippen LogP contribution is -2.49. The molecule has 0 aromatic heterocycles. The molecular weight excluding hydrogens is 226 g/mol. The van der Waals surface area contributed by atoms with E-state index in [0.717, 1.165) is 31.0 Å². The van der Waals surface area contributed by atoms with Crippen LogP contribution in [0.2, 0.25) is 18.1 Å². The molecular formula is C14H23NOSi. The van der Waals surface area contributed by atoms with Gasteiger partial charge >= 0.3 is 0 Å². The zero-order chi connectivity index (χ0) is 13.2. The largest absolute Gasteiger partial charge is 0.400 e. The van der Waals surface area contributed by atoms with Crippen LogP contribution in [0.25, 0.3) is 0 Å².